The van der Waals surface area contributed by atoms with Crippen molar-refractivity contribution in [3.05, 3.63) is 53.4 Å². The first-order valence-electron chi connectivity index (χ1n) is 7.15. The van der Waals surface area contributed by atoms with Crippen LogP contribution in [0.15, 0.2) is 41.0 Å². The van der Waals surface area contributed by atoms with Gasteiger partial charge in [0.1, 0.15) is 11.4 Å². The molecule has 3 rings (SSSR count). The van der Waals surface area contributed by atoms with E-state index in [0.717, 1.165) is 5.56 Å². The number of aromatic nitrogens is 2. The van der Waals surface area contributed by atoms with E-state index in [0.29, 0.717) is 34.1 Å². The Morgan fingerprint density at radius 1 is 1.30 bits per heavy atom. The molecule has 2 aromatic heterocycles. The molecule has 0 spiro atoms. The number of nitrogens with one attached hydrogen (secondary N) is 2. The molecule has 0 aliphatic carbocycles. The molecule has 1 aromatic carbocycles. The molecular weight excluding hydrogens is 294 g/mol. The third-order valence-electron chi connectivity index (χ3n) is 3.53. The Morgan fingerprint density at radius 3 is 2.83 bits per heavy atom. The van der Waals surface area contributed by atoms with Gasteiger partial charge in [0, 0.05) is 5.69 Å². The van der Waals surface area contributed by atoms with Crippen LogP contribution in [0.4, 0.5) is 5.69 Å². The van der Waals surface area contributed by atoms with E-state index < -0.39 is 0 Å². The Hall–Kier alpha value is -3.02. The summed E-state index contributed by atoms with van der Waals surface area (Å²) in [6.45, 7) is 3.74. The third-order valence-corrected chi connectivity index (χ3v) is 3.53. The van der Waals surface area contributed by atoms with Gasteiger partial charge in [-0.15, -0.1) is 0 Å². The van der Waals surface area contributed by atoms with Gasteiger partial charge in [0.05, 0.1) is 24.6 Å². The van der Waals surface area contributed by atoms with Crippen molar-refractivity contribution in [1.82, 2.24) is 10.2 Å². The number of anilines is 1. The number of amides is 1. The number of benzene rings is 1. The van der Waals surface area contributed by atoms with Crippen LogP contribution in [0.3, 0.4) is 0 Å². The van der Waals surface area contributed by atoms with Gasteiger partial charge in [-0.2, -0.15) is 5.10 Å². The number of hydrogen-bond acceptors (Lipinski definition) is 4. The minimum atomic E-state index is -0.272. The first kappa shape index (κ1) is 14.9. The molecular formula is C17H17N3O3. The minimum absolute atomic E-state index is 0.272. The van der Waals surface area contributed by atoms with Gasteiger partial charge in [0.2, 0.25) is 0 Å². The summed E-state index contributed by atoms with van der Waals surface area (Å²) in [5.74, 6) is 0.868. The predicted octanol–water partition coefficient (Wildman–Crippen LogP) is 3.55. The van der Waals surface area contributed by atoms with Gasteiger partial charge in [0.25, 0.3) is 5.91 Å². The Labute approximate surface area is 133 Å². The molecule has 0 atom stereocenters. The quantitative estimate of drug-likeness (QED) is 0.772. The fraction of sp³-hybridized carbons (Fsp3) is 0.176. The smallest absolute Gasteiger partial charge is 0.260 e. The second-order valence-electron chi connectivity index (χ2n) is 5.21. The van der Waals surface area contributed by atoms with Gasteiger partial charge < -0.3 is 14.5 Å². The number of H-pyrrole nitrogens is 1. The Morgan fingerprint density at radius 2 is 2.13 bits per heavy atom. The Balaban J connectivity index is 1.96. The van der Waals surface area contributed by atoms with Crippen LogP contribution in [0.5, 0.6) is 5.75 Å². The number of aromatic amines is 1. The van der Waals surface area contributed by atoms with Gasteiger partial charge >= 0.3 is 0 Å². The van der Waals surface area contributed by atoms with Crippen LogP contribution in [-0.2, 0) is 0 Å². The molecule has 6 nitrogen and oxygen atoms in total. The summed E-state index contributed by atoms with van der Waals surface area (Å²) in [5, 5.41) is 9.88. The summed E-state index contributed by atoms with van der Waals surface area (Å²) in [5.41, 5.74) is 3.24. The van der Waals surface area contributed by atoms with E-state index >= 15 is 0 Å². The molecule has 1 amide bonds. The number of nitrogens with zero attached hydrogens (tertiary/aromatic N) is 1. The van der Waals surface area contributed by atoms with Gasteiger partial charge in [0.15, 0.2) is 5.76 Å². The number of aryl methyl sites for hydroxylation is 2. The van der Waals surface area contributed by atoms with Crippen molar-refractivity contribution in [3.8, 4) is 17.2 Å². The van der Waals surface area contributed by atoms with Crippen LogP contribution >= 0.6 is 0 Å². The summed E-state index contributed by atoms with van der Waals surface area (Å²) in [6.07, 6.45) is 1.55. The number of carbonyl (C=O) groups is 1. The number of ether oxygens (including phenoxy) is 1. The lowest BCUT2D eigenvalue weighted by atomic mass is 10.1. The van der Waals surface area contributed by atoms with Gasteiger partial charge in [-0.3, -0.25) is 9.89 Å². The molecule has 0 radical (unpaired) electrons. The Kier molecular flexibility index (Phi) is 3.89. The van der Waals surface area contributed by atoms with E-state index in [9.17, 15) is 4.79 Å². The largest absolute Gasteiger partial charge is 0.495 e. The van der Waals surface area contributed by atoms with Crippen LogP contribution in [-0.4, -0.2) is 23.2 Å². The van der Waals surface area contributed by atoms with Crippen molar-refractivity contribution in [1.29, 1.82) is 0 Å². The zero-order valence-corrected chi connectivity index (χ0v) is 13.1. The average molecular weight is 311 g/mol. The van der Waals surface area contributed by atoms with E-state index in [1.165, 1.54) is 0 Å². The molecule has 0 saturated carbocycles. The van der Waals surface area contributed by atoms with Crippen molar-refractivity contribution in [2.75, 3.05) is 12.4 Å². The highest BCUT2D eigenvalue weighted by Gasteiger charge is 2.22. The lowest BCUT2D eigenvalue weighted by Gasteiger charge is -2.11. The molecule has 6 heteroatoms. The van der Waals surface area contributed by atoms with Crippen LogP contribution < -0.4 is 10.1 Å². The van der Waals surface area contributed by atoms with E-state index in [1.54, 1.807) is 32.4 Å². The maximum Gasteiger partial charge on any atom is 0.260 e. The topological polar surface area (TPSA) is 80.2 Å². The monoisotopic (exact) mass is 311 g/mol. The molecule has 2 N–H and O–H groups in total. The first-order chi connectivity index (χ1) is 11.1. The highest BCUT2D eigenvalue weighted by molar-refractivity contribution is 6.09. The molecule has 0 unspecified atom stereocenters. The van der Waals surface area contributed by atoms with Crippen LogP contribution in [0, 0.1) is 13.8 Å². The molecule has 0 bridgehead atoms. The summed E-state index contributed by atoms with van der Waals surface area (Å²) < 4.78 is 10.6. The number of furan rings is 1. The zero-order valence-electron chi connectivity index (χ0n) is 13.1. The van der Waals surface area contributed by atoms with Crippen molar-refractivity contribution in [3.63, 3.8) is 0 Å². The molecule has 0 fully saturated rings. The van der Waals surface area contributed by atoms with Crippen LogP contribution in [0.2, 0.25) is 0 Å². The van der Waals surface area contributed by atoms with E-state index in [2.05, 4.69) is 15.5 Å². The molecule has 0 saturated heterocycles. The highest BCUT2D eigenvalue weighted by Crippen LogP contribution is 2.28. The molecule has 118 valence electrons. The van der Waals surface area contributed by atoms with Gasteiger partial charge in [-0.1, -0.05) is 6.07 Å². The summed E-state index contributed by atoms with van der Waals surface area (Å²) in [6, 6.07) is 9.12. The van der Waals surface area contributed by atoms with E-state index in [1.807, 2.05) is 25.1 Å². The standard InChI is InChI=1S/C17H17N3O3/c1-10-6-7-13(22-3)12(9-10)18-17(21)15-11(2)19-20-16(15)14-5-4-8-23-14/h4-9H,1-3H3,(H,18,21)(H,19,20). The number of rotatable bonds is 4. The molecule has 2 heterocycles. The maximum absolute atomic E-state index is 12.7. The zero-order chi connectivity index (χ0) is 16.4. The third kappa shape index (κ3) is 2.83. The first-order valence-corrected chi connectivity index (χ1v) is 7.15. The predicted molar refractivity (Wildman–Crippen MR) is 86.7 cm³/mol. The lowest BCUT2D eigenvalue weighted by Crippen LogP contribution is -2.14. The SMILES string of the molecule is COc1ccc(C)cc1NC(=O)c1c(-c2ccco2)n[nH]c1C. The fourth-order valence-corrected chi connectivity index (χ4v) is 2.40. The average Bonchev–Trinajstić information content (AvgIpc) is 3.16. The lowest BCUT2D eigenvalue weighted by molar-refractivity contribution is 0.102. The second kappa shape index (κ2) is 6.00. The van der Waals surface area contributed by atoms with Crippen LogP contribution in [0.25, 0.3) is 11.5 Å². The van der Waals surface area contributed by atoms with Crippen molar-refractivity contribution < 1.29 is 13.9 Å². The summed E-state index contributed by atoms with van der Waals surface area (Å²) in [4.78, 5) is 12.7. The number of methoxy groups -OCH3 is 1. The second-order valence-corrected chi connectivity index (χ2v) is 5.21. The Bertz CT molecular complexity index is 835. The molecule has 3 aromatic rings. The summed E-state index contributed by atoms with van der Waals surface area (Å²) in [7, 11) is 1.57. The van der Waals surface area contributed by atoms with E-state index in [4.69, 9.17) is 9.15 Å². The summed E-state index contributed by atoms with van der Waals surface area (Å²) >= 11 is 0. The molecule has 0 aliphatic rings. The molecule has 0 aliphatic heterocycles. The van der Waals surface area contributed by atoms with Crippen molar-refractivity contribution in [2.45, 2.75) is 13.8 Å². The normalized spacial score (nSPS) is 10.6. The number of hydrogen-bond donors (Lipinski definition) is 2. The van der Waals surface area contributed by atoms with E-state index in [-0.39, 0.29) is 5.91 Å². The maximum atomic E-state index is 12.7. The van der Waals surface area contributed by atoms with Crippen molar-refractivity contribution >= 4 is 11.6 Å². The highest BCUT2D eigenvalue weighted by atomic mass is 16.5. The van der Waals surface area contributed by atoms with Crippen LogP contribution in [0.1, 0.15) is 21.6 Å². The number of carbonyl (C=O) groups excluding carboxylic acids is 1. The minimum Gasteiger partial charge on any atom is -0.495 e. The molecule has 23 heavy (non-hydrogen) atoms. The van der Waals surface area contributed by atoms with Gasteiger partial charge in [-0.05, 0) is 43.7 Å². The van der Waals surface area contributed by atoms with Gasteiger partial charge in [-0.25, -0.2) is 0 Å². The van der Waals surface area contributed by atoms with Crippen molar-refractivity contribution in [2.24, 2.45) is 0 Å². The fourth-order valence-electron chi connectivity index (χ4n) is 2.40.